The minimum atomic E-state index is -4.41. The number of esters is 2. The zero-order valence-electron chi connectivity index (χ0n) is 35.6. The number of nitrogens with two attached hydrogens (primary N) is 1. The van der Waals surface area contributed by atoms with Gasteiger partial charge in [0.25, 0.3) is 0 Å². The molecule has 0 saturated carbocycles. The van der Waals surface area contributed by atoms with Crippen LogP contribution in [0.4, 0.5) is 0 Å². The molecule has 0 saturated heterocycles. The van der Waals surface area contributed by atoms with Crippen LogP contribution in [-0.4, -0.2) is 60.5 Å². The van der Waals surface area contributed by atoms with E-state index in [0.717, 1.165) is 101 Å². The number of rotatable bonds is 36. The summed E-state index contributed by atoms with van der Waals surface area (Å²) in [5, 5.41) is 9.56. The first-order valence-corrected chi connectivity index (χ1v) is 23.0. The zero-order valence-corrected chi connectivity index (χ0v) is 36.5. The van der Waals surface area contributed by atoms with E-state index in [0.29, 0.717) is 19.3 Å². The van der Waals surface area contributed by atoms with Gasteiger partial charge in [0.15, 0.2) is 6.10 Å². The van der Waals surface area contributed by atoms with Gasteiger partial charge in [-0.15, -0.1) is 0 Å². The molecule has 0 bridgehead atoms. The number of carbonyl (C=O) groups is 2. The van der Waals surface area contributed by atoms with Gasteiger partial charge in [0.05, 0.1) is 19.3 Å². The molecule has 11 nitrogen and oxygen atoms in total. The van der Waals surface area contributed by atoms with E-state index >= 15 is 0 Å². The summed E-state index contributed by atoms with van der Waals surface area (Å²) in [6.45, 7) is 7.58. The Hall–Kier alpha value is -2.79. The van der Waals surface area contributed by atoms with Crippen molar-refractivity contribution in [1.82, 2.24) is 0 Å². The summed E-state index contributed by atoms with van der Waals surface area (Å²) in [5.74, 6) is 1.34. The van der Waals surface area contributed by atoms with Crippen LogP contribution in [0.2, 0.25) is 0 Å². The number of aliphatic hydroxyl groups is 1. The van der Waals surface area contributed by atoms with Crippen molar-refractivity contribution in [3.63, 3.8) is 0 Å². The summed E-state index contributed by atoms with van der Waals surface area (Å²) >= 11 is 0. The Kier molecular flexibility index (Phi) is 31.3. The summed E-state index contributed by atoms with van der Waals surface area (Å²) in [5.41, 5.74) is 7.96. The minimum Gasteiger partial charge on any atom is -0.466 e. The molecule has 1 heterocycles. The van der Waals surface area contributed by atoms with Crippen molar-refractivity contribution >= 4 is 19.8 Å². The number of hydrogen-bond donors (Lipinski definition) is 3. The lowest BCUT2D eigenvalue weighted by Crippen LogP contribution is -2.29. The second-order valence-electron chi connectivity index (χ2n) is 14.6. The van der Waals surface area contributed by atoms with E-state index in [-0.39, 0.29) is 38.7 Å². The number of phosphoric ester groups is 1. The molecule has 0 aliphatic rings. The lowest BCUT2D eigenvalue weighted by atomic mass is 10.0. The van der Waals surface area contributed by atoms with E-state index in [9.17, 15) is 24.2 Å². The van der Waals surface area contributed by atoms with E-state index in [1.54, 1.807) is 0 Å². The Morgan fingerprint density at radius 3 is 1.86 bits per heavy atom. The van der Waals surface area contributed by atoms with Crippen LogP contribution in [0.1, 0.15) is 158 Å². The fourth-order valence-corrected chi connectivity index (χ4v) is 6.71. The maximum absolute atomic E-state index is 12.6. The average Bonchev–Trinajstić information content (AvgIpc) is 3.46. The first-order chi connectivity index (χ1) is 27.5. The fraction of sp³-hybridized carbons (Fsp3) is 0.689. The number of unbranched alkanes of at least 4 members (excludes halogenated alkanes) is 8. The number of aliphatic hydroxyl groups excluding tert-OH is 1. The number of phosphoric acid groups is 1. The molecule has 0 amide bonds. The number of carbonyl (C=O) groups excluding carboxylic acids is 2. The Morgan fingerprint density at radius 1 is 0.719 bits per heavy atom. The number of allylic oxidation sites excluding steroid dienone is 8. The highest BCUT2D eigenvalue weighted by atomic mass is 31.2. The monoisotopic (exact) mass is 822 g/mol. The van der Waals surface area contributed by atoms with E-state index in [1.165, 1.54) is 24.0 Å². The summed E-state index contributed by atoms with van der Waals surface area (Å²) in [6.07, 6.45) is 33.7. The van der Waals surface area contributed by atoms with Crippen LogP contribution < -0.4 is 5.73 Å². The highest BCUT2D eigenvalue weighted by Gasteiger charge is 2.26. The largest absolute Gasteiger partial charge is 0.472 e. The van der Waals surface area contributed by atoms with E-state index < -0.39 is 32.5 Å². The summed E-state index contributed by atoms with van der Waals surface area (Å²) in [4.78, 5) is 34.9. The molecule has 1 aromatic rings. The highest BCUT2D eigenvalue weighted by Crippen LogP contribution is 2.43. The smallest absolute Gasteiger partial charge is 0.466 e. The van der Waals surface area contributed by atoms with Crippen LogP contribution in [-0.2, 0) is 45.5 Å². The van der Waals surface area contributed by atoms with Gasteiger partial charge in [-0.3, -0.25) is 18.6 Å². The molecular formula is C45H76NO10P. The molecule has 0 fully saturated rings. The SMILES string of the molecule is CCCc1oc(CCCCCCCCCCC(=O)OC[C@H](COP(=O)(O)OCCN)OC(=O)CCC/C=C\C/C=C\C/C=C\C/C=C\CC[C@H](O)CC)c(C)c1C. The maximum Gasteiger partial charge on any atom is 0.472 e. The topological polar surface area (TPSA) is 168 Å². The van der Waals surface area contributed by atoms with E-state index in [1.807, 2.05) is 19.1 Å². The van der Waals surface area contributed by atoms with E-state index in [2.05, 4.69) is 57.2 Å². The van der Waals surface area contributed by atoms with Crippen molar-refractivity contribution in [2.45, 2.75) is 175 Å². The molecule has 0 aromatic carbocycles. The third-order valence-electron chi connectivity index (χ3n) is 9.55. The fourth-order valence-electron chi connectivity index (χ4n) is 5.95. The van der Waals surface area contributed by atoms with Gasteiger partial charge in [0, 0.05) is 32.2 Å². The van der Waals surface area contributed by atoms with Gasteiger partial charge < -0.3 is 29.6 Å². The Morgan fingerprint density at radius 2 is 1.26 bits per heavy atom. The Labute approximate surface area is 344 Å². The summed E-state index contributed by atoms with van der Waals surface area (Å²) in [7, 11) is -4.41. The molecule has 0 radical (unpaired) electrons. The van der Waals surface area contributed by atoms with Crippen LogP contribution in [0.15, 0.2) is 53.0 Å². The van der Waals surface area contributed by atoms with E-state index in [4.69, 9.17) is 28.7 Å². The van der Waals surface area contributed by atoms with Crippen LogP contribution in [0.3, 0.4) is 0 Å². The number of furan rings is 1. The van der Waals surface area contributed by atoms with Crippen LogP contribution >= 0.6 is 7.82 Å². The van der Waals surface area contributed by atoms with Crippen molar-refractivity contribution in [3.05, 3.63) is 71.3 Å². The van der Waals surface area contributed by atoms with Crippen molar-refractivity contribution < 1.29 is 47.1 Å². The van der Waals surface area contributed by atoms with Crippen molar-refractivity contribution in [2.75, 3.05) is 26.4 Å². The third-order valence-corrected chi connectivity index (χ3v) is 10.5. The van der Waals surface area contributed by atoms with Gasteiger partial charge >= 0.3 is 19.8 Å². The predicted octanol–water partition coefficient (Wildman–Crippen LogP) is 10.6. The average molecular weight is 822 g/mol. The molecular weight excluding hydrogens is 745 g/mol. The second kappa shape index (κ2) is 34.1. The predicted molar refractivity (Wildman–Crippen MR) is 229 cm³/mol. The molecule has 0 aliphatic carbocycles. The van der Waals surface area contributed by atoms with Gasteiger partial charge in [-0.05, 0) is 95.6 Å². The second-order valence-corrected chi connectivity index (χ2v) is 16.0. The lowest BCUT2D eigenvalue weighted by molar-refractivity contribution is -0.161. The standard InChI is InChI=1S/C45H76NO10P/c1-5-29-42-38(3)39(4)43(56-42)31-26-22-18-15-16-19-23-27-32-44(48)52-36-41(37-54-57(50,51)53-35-34-46)55-45(49)33-28-24-20-14-12-10-8-7-9-11-13-17-21-25-30-40(47)6-2/h8-11,14,17,20-21,40-41,47H,5-7,12-13,15-16,18-19,22-37,46H2,1-4H3,(H,50,51)/b10-8-,11-9-,20-14-,21-17-/t40-,41-/m1/s1. The molecule has 1 rings (SSSR count). The molecule has 57 heavy (non-hydrogen) atoms. The highest BCUT2D eigenvalue weighted by molar-refractivity contribution is 7.47. The van der Waals surface area contributed by atoms with Crippen LogP contribution in [0.25, 0.3) is 0 Å². The van der Waals surface area contributed by atoms with Gasteiger partial charge in [-0.2, -0.15) is 0 Å². The third kappa shape index (κ3) is 28.3. The van der Waals surface area contributed by atoms with Gasteiger partial charge in [-0.1, -0.05) is 101 Å². The van der Waals surface area contributed by atoms with Crippen LogP contribution in [0, 0.1) is 13.8 Å². The Balaban J connectivity index is 2.29. The summed E-state index contributed by atoms with van der Waals surface area (Å²) in [6, 6.07) is 0. The first-order valence-electron chi connectivity index (χ1n) is 21.6. The van der Waals surface area contributed by atoms with Crippen molar-refractivity contribution in [1.29, 1.82) is 0 Å². The van der Waals surface area contributed by atoms with Crippen molar-refractivity contribution in [3.8, 4) is 0 Å². The molecule has 3 atom stereocenters. The van der Waals surface area contributed by atoms with Crippen molar-refractivity contribution in [2.24, 2.45) is 5.73 Å². The molecule has 0 spiro atoms. The minimum absolute atomic E-state index is 0.0311. The molecule has 12 heteroatoms. The zero-order chi connectivity index (χ0) is 42.0. The molecule has 0 aliphatic heterocycles. The van der Waals surface area contributed by atoms with Crippen LogP contribution in [0.5, 0.6) is 0 Å². The normalized spacial score (nSPS) is 14.3. The molecule has 1 aromatic heterocycles. The van der Waals surface area contributed by atoms with Gasteiger partial charge in [0.1, 0.15) is 18.1 Å². The molecule has 1 unspecified atom stereocenters. The molecule has 326 valence electrons. The number of hydrogen-bond acceptors (Lipinski definition) is 10. The Bertz CT molecular complexity index is 1370. The summed E-state index contributed by atoms with van der Waals surface area (Å²) < 4.78 is 38.8. The van der Waals surface area contributed by atoms with Gasteiger partial charge in [0.2, 0.25) is 0 Å². The number of aryl methyl sites for hydroxylation is 2. The van der Waals surface area contributed by atoms with Gasteiger partial charge in [-0.25, -0.2) is 4.57 Å². The first kappa shape index (κ1) is 52.2. The quantitative estimate of drug-likeness (QED) is 0.0255. The number of ether oxygens (including phenoxy) is 2. The maximum atomic E-state index is 12.6. The molecule has 4 N–H and O–H groups in total. The lowest BCUT2D eigenvalue weighted by Gasteiger charge is -2.19.